The van der Waals surface area contributed by atoms with Gasteiger partial charge >= 0.3 is 0 Å². The summed E-state index contributed by atoms with van der Waals surface area (Å²) in [4.78, 5) is 7.03. The molecule has 0 saturated carbocycles. The molecule has 5 heteroatoms. The van der Waals surface area contributed by atoms with Crippen LogP contribution in [0.4, 0.5) is 0 Å². The lowest BCUT2D eigenvalue weighted by Gasteiger charge is -2.15. The molecule has 1 aliphatic heterocycles. The summed E-state index contributed by atoms with van der Waals surface area (Å²) in [7, 11) is 0. The number of nitrogens with two attached hydrogens (primary N) is 1. The maximum absolute atomic E-state index is 5.92. The van der Waals surface area contributed by atoms with Crippen molar-refractivity contribution in [1.29, 1.82) is 0 Å². The van der Waals surface area contributed by atoms with Crippen LogP contribution in [0.25, 0.3) is 0 Å². The Morgan fingerprint density at radius 3 is 3.00 bits per heavy atom. The van der Waals surface area contributed by atoms with E-state index < -0.39 is 0 Å². The van der Waals surface area contributed by atoms with Crippen LogP contribution in [0, 0.1) is 5.92 Å². The minimum absolute atomic E-state index is 0.564. The van der Waals surface area contributed by atoms with Crippen molar-refractivity contribution in [2.45, 2.75) is 26.2 Å². The van der Waals surface area contributed by atoms with E-state index in [0.29, 0.717) is 11.9 Å². The number of guanidine groups is 1. The van der Waals surface area contributed by atoms with Gasteiger partial charge in [0.15, 0.2) is 5.96 Å². The Bertz CT molecular complexity index is 478. The first kappa shape index (κ1) is 18.7. The van der Waals surface area contributed by atoms with Gasteiger partial charge in [0.25, 0.3) is 0 Å². The summed E-state index contributed by atoms with van der Waals surface area (Å²) < 4.78 is 5.30. The van der Waals surface area contributed by atoms with Crippen molar-refractivity contribution >= 4 is 5.96 Å². The van der Waals surface area contributed by atoms with Crippen molar-refractivity contribution in [3.63, 3.8) is 0 Å². The zero-order valence-electron chi connectivity index (χ0n) is 14.9. The second kappa shape index (κ2) is 11.0. The number of hydrogen-bond acceptors (Lipinski definition) is 3. The van der Waals surface area contributed by atoms with Crippen molar-refractivity contribution in [3.05, 3.63) is 35.9 Å². The van der Waals surface area contributed by atoms with Crippen molar-refractivity contribution in [2.24, 2.45) is 16.6 Å². The first-order chi connectivity index (χ1) is 11.8. The summed E-state index contributed by atoms with van der Waals surface area (Å²) in [6.07, 6.45) is 3.30. The molecule has 1 aromatic carbocycles. The molecule has 1 fully saturated rings. The van der Waals surface area contributed by atoms with E-state index in [4.69, 9.17) is 10.5 Å². The maximum Gasteiger partial charge on any atom is 0.188 e. The Kier molecular flexibility index (Phi) is 8.63. The summed E-state index contributed by atoms with van der Waals surface area (Å²) in [5, 5.41) is 3.16. The van der Waals surface area contributed by atoms with Crippen LogP contribution in [0.3, 0.4) is 0 Å². The Balaban J connectivity index is 1.58. The van der Waals surface area contributed by atoms with Gasteiger partial charge in [0.05, 0.1) is 0 Å². The molecule has 0 spiro atoms. The number of hydrogen-bond donors (Lipinski definition) is 2. The fourth-order valence-electron chi connectivity index (χ4n) is 3.02. The molecule has 5 nitrogen and oxygen atoms in total. The van der Waals surface area contributed by atoms with Gasteiger partial charge in [0.2, 0.25) is 0 Å². The lowest BCUT2D eigenvalue weighted by atomic mass is 10.1. The van der Waals surface area contributed by atoms with Crippen molar-refractivity contribution in [3.8, 4) is 0 Å². The highest BCUT2D eigenvalue weighted by atomic mass is 16.5. The summed E-state index contributed by atoms with van der Waals surface area (Å²) in [5.74, 6) is 1.19. The van der Waals surface area contributed by atoms with Gasteiger partial charge in [0, 0.05) is 39.4 Å². The predicted octanol–water partition coefficient (Wildman–Crippen LogP) is 1.88. The SMILES string of the molecule is CCOCCCNC(N)=NCC1CCN(CCc2ccccc2)C1. The van der Waals surface area contributed by atoms with Crippen LogP contribution in [-0.4, -0.2) is 56.8 Å². The van der Waals surface area contributed by atoms with E-state index in [1.54, 1.807) is 0 Å². The molecule has 1 atom stereocenters. The molecule has 0 aromatic heterocycles. The molecule has 1 aromatic rings. The lowest BCUT2D eigenvalue weighted by Crippen LogP contribution is -2.33. The van der Waals surface area contributed by atoms with E-state index in [1.165, 1.54) is 18.5 Å². The third kappa shape index (κ3) is 7.32. The van der Waals surface area contributed by atoms with Gasteiger partial charge < -0.3 is 20.7 Å². The maximum atomic E-state index is 5.92. The molecule has 0 amide bonds. The van der Waals surface area contributed by atoms with E-state index in [1.807, 2.05) is 6.92 Å². The summed E-state index contributed by atoms with van der Waals surface area (Å²) in [6.45, 7) is 8.64. The van der Waals surface area contributed by atoms with E-state index in [0.717, 1.165) is 52.2 Å². The Morgan fingerprint density at radius 1 is 1.38 bits per heavy atom. The number of nitrogens with one attached hydrogen (secondary N) is 1. The molecule has 24 heavy (non-hydrogen) atoms. The highest BCUT2D eigenvalue weighted by Crippen LogP contribution is 2.16. The second-order valence-electron chi connectivity index (χ2n) is 6.39. The number of aliphatic imine (C=N–C) groups is 1. The molecule has 1 saturated heterocycles. The number of benzene rings is 1. The molecule has 1 aliphatic rings. The topological polar surface area (TPSA) is 62.9 Å². The van der Waals surface area contributed by atoms with Crippen molar-refractivity contribution in [1.82, 2.24) is 10.2 Å². The van der Waals surface area contributed by atoms with Gasteiger partial charge in [-0.1, -0.05) is 30.3 Å². The van der Waals surface area contributed by atoms with Crippen LogP contribution >= 0.6 is 0 Å². The van der Waals surface area contributed by atoms with E-state index in [2.05, 4.69) is 45.5 Å². The predicted molar refractivity (Wildman–Crippen MR) is 100 cm³/mol. The number of rotatable bonds is 10. The molecule has 3 N–H and O–H groups in total. The number of likely N-dealkylation sites (tertiary alicyclic amines) is 1. The fraction of sp³-hybridized carbons (Fsp3) is 0.632. The van der Waals surface area contributed by atoms with Gasteiger partial charge in [-0.25, -0.2) is 0 Å². The van der Waals surface area contributed by atoms with E-state index in [9.17, 15) is 0 Å². The Hall–Kier alpha value is -1.59. The molecule has 134 valence electrons. The smallest absolute Gasteiger partial charge is 0.188 e. The van der Waals surface area contributed by atoms with Gasteiger partial charge in [-0.3, -0.25) is 4.99 Å². The monoisotopic (exact) mass is 332 g/mol. The average molecular weight is 332 g/mol. The summed E-state index contributed by atoms with van der Waals surface area (Å²) >= 11 is 0. The highest BCUT2D eigenvalue weighted by Gasteiger charge is 2.21. The van der Waals surface area contributed by atoms with Gasteiger partial charge in [-0.15, -0.1) is 0 Å². The molecule has 1 unspecified atom stereocenters. The van der Waals surface area contributed by atoms with Crippen LogP contribution in [0.1, 0.15) is 25.3 Å². The standard InChI is InChI=1S/C19H32N4O/c1-2-24-14-6-11-21-19(20)22-15-18-10-13-23(16-18)12-9-17-7-4-3-5-8-17/h3-5,7-8,18H,2,6,9-16H2,1H3,(H3,20,21,22). The molecule has 2 rings (SSSR count). The van der Waals surface area contributed by atoms with Crippen molar-refractivity contribution < 1.29 is 4.74 Å². The lowest BCUT2D eigenvalue weighted by molar-refractivity contribution is 0.145. The van der Waals surface area contributed by atoms with Crippen LogP contribution in [0.2, 0.25) is 0 Å². The van der Waals surface area contributed by atoms with Gasteiger partial charge in [0.1, 0.15) is 0 Å². The van der Waals surface area contributed by atoms with E-state index >= 15 is 0 Å². The van der Waals surface area contributed by atoms with Crippen LogP contribution < -0.4 is 11.1 Å². The zero-order chi connectivity index (χ0) is 17.0. The minimum atomic E-state index is 0.564. The fourth-order valence-corrected chi connectivity index (χ4v) is 3.02. The number of ether oxygens (including phenoxy) is 1. The highest BCUT2D eigenvalue weighted by molar-refractivity contribution is 5.77. The molecule has 0 bridgehead atoms. The average Bonchev–Trinajstić information content (AvgIpc) is 3.07. The molecular weight excluding hydrogens is 300 g/mol. The molecule has 1 heterocycles. The first-order valence-electron chi connectivity index (χ1n) is 9.15. The summed E-state index contributed by atoms with van der Waals surface area (Å²) in [6, 6.07) is 10.7. The van der Waals surface area contributed by atoms with Gasteiger partial charge in [-0.2, -0.15) is 0 Å². The molecule has 0 aliphatic carbocycles. The Labute approximate surface area is 146 Å². The molecule has 0 radical (unpaired) electrons. The number of nitrogens with zero attached hydrogens (tertiary/aromatic N) is 2. The van der Waals surface area contributed by atoms with Crippen LogP contribution in [0.15, 0.2) is 35.3 Å². The normalized spacial score (nSPS) is 18.9. The van der Waals surface area contributed by atoms with Crippen molar-refractivity contribution in [2.75, 3.05) is 45.9 Å². The Morgan fingerprint density at radius 2 is 2.21 bits per heavy atom. The first-order valence-corrected chi connectivity index (χ1v) is 9.15. The van der Waals surface area contributed by atoms with Gasteiger partial charge in [-0.05, 0) is 44.2 Å². The van der Waals surface area contributed by atoms with Crippen LogP contribution in [-0.2, 0) is 11.2 Å². The third-order valence-corrected chi connectivity index (χ3v) is 4.43. The molecular formula is C19H32N4O. The zero-order valence-corrected chi connectivity index (χ0v) is 14.9. The second-order valence-corrected chi connectivity index (χ2v) is 6.39. The van der Waals surface area contributed by atoms with Crippen LogP contribution in [0.5, 0.6) is 0 Å². The largest absolute Gasteiger partial charge is 0.382 e. The summed E-state index contributed by atoms with van der Waals surface area (Å²) in [5.41, 5.74) is 7.34. The minimum Gasteiger partial charge on any atom is -0.382 e. The van der Waals surface area contributed by atoms with E-state index in [-0.39, 0.29) is 0 Å². The quantitative estimate of drug-likeness (QED) is 0.390. The third-order valence-electron chi connectivity index (χ3n) is 4.43.